The SMILES string of the molecule is CCc1ccc(C)[n+]([C@H](C)C(=O)Nc2ccccc2-c2ccccc2)c1. The molecule has 1 amide bonds. The Labute approximate surface area is 155 Å². The van der Waals surface area contributed by atoms with Crippen LogP contribution in [0, 0.1) is 6.92 Å². The molecule has 1 atom stereocenters. The molecule has 132 valence electrons. The lowest BCUT2D eigenvalue weighted by molar-refractivity contribution is -0.711. The van der Waals surface area contributed by atoms with E-state index in [1.165, 1.54) is 5.56 Å². The number of carbonyl (C=O) groups is 1. The predicted molar refractivity (Wildman–Crippen MR) is 106 cm³/mol. The van der Waals surface area contributed by atoms with E-state index in [1.54, 1.807) is 0 Å². The molecule has 3 rings (SSSR count). The van der Waals surface area contributed by atoms with Gasteiger partial charge in [-0.05, 0) is 24.1 Å². The minimum Gasteiger partial charge on any atom is -0.320 e. The van der Waals surface area contributed by atoms with Gasteiger partial charge in [0.05, 0.1) is 0 Å². The van der Waals surface area contributed by atoms with Crippen LogP contribution < -0.4 is 9.88 Å². The number of amides is 1. The summed E-state index contributed by atoms with van der Waals surface area (Å²) in [5.74, 6) is -0.0188. The molecule has 3 nitrogen and oxygen atoms in total. The Morgan fingerprint density at radius 3 is 2.42 bits per heavy atom. The molecule has 3 aromatic rings. The summed E-state index contributed by atoms with van der Waals surface area (Å²) < 4.78 is 2.04. The summed E-state index contributed by atoms with van der Waals surface area (Å²) in [6.45, 7) is 6.09. The van der Waals surface area contributed by atoms with Gasteiger partial charge in [0.25, 0.3) is 5.91 Å². The van der Waals surface area contributed by atoms with Crippen LogP contribution in [0.4, 0.5) is 5.69 Å². The number of benzene rings is 2. The molecule has 0 unspecified atom stereocenters. The summed E-state index contributed by atoms with van der Waals surface area (Å²) in [5.41, 5.74) is 5.24. The molecule has 1 heterocycles. The maximum absolute atomic E-state index is 12.9. The van der Waals surface area contributed by atoms with Gasteiger partial charge < -0.3 is 5.32 Å². The molecule has 0 aliphatic carbocycles. The topological polar surface area (TPSA) is 33.0 Å². The van der Waals surface area contributed by atoms with Crippen LogP contribution in [0.3, 0.4) is 0 Å². The second-order valence-electron chi connectivity index (χ2n) is 6.52. The van der Waals surface area contributed by atoms with Gasteiger partial charge in [-0.1, -0.05) is 55.5 Å². The highest BCUT2D eigenvalue weighted by Gasteiger charge is 2.25. The monoisotopic (exact) mass is 345 g/mol. The van der Waals surface area contributed by atoms with Gasteiger partial charge in [0, 0.05) is 36.7 Å². The molecule has 2 aromatic carbocycles. The lowest BCUT2D eigenvalue weighted by Gasteiger charge is -2.14. The molecule has 3 heteroatoms. The number of hydrogen-bond acceptors (Lipinski definition) is 1. The zero-order chi connectivity index (χ0) is 18.5. The summed E-state index contributed by atoms with van der Waals surface area (Å²) in [5, 5.41) is 3.11. The zero-order valence-corrected chi connectivity index (χ0v) is 15.6. The number of rotatable bonds is 5. The van der Waals surface area contributed by atoms with Crippen LogP contribution >= 0.6 is 0 Å². The standard InChI is InChI=1S/C23H24N2O/c1-4-19-15-14-17(2)25(16-19)18(3)23(26)24-22-13-9-8-12-21(22)20-10-6-5-7-11-20/h5-16,18H,4H2,1-3H3/p+1/t18-/m1/s1. The average Bonchev–Trinajstić information content (AvgIpc) is 2.69. The van der Waals surface area contributed by atoms with Crippen LogP contribution in [-0.2, 0) is 11.2 Å². The molecule has 0 aliphatic heterocycles. The zero-order valence-electron chi connectivity index (χ0n) is 15.6. The van der Waals surface area contributed by atoms with Crippen LogP contribution in [0.2, 0.25) is 0 Å². The molecule has 0 saturated carbocycles. The van der Waals surface area contributed by atoms with Crippen molar-refractivity contribution in [3.63, 3.8) is 0 Å². The average molecular weight is 345 g/mol. The van der Waals surface area contributed by atoms with E-state index in [0.717, 1.165) is 28.9 Å². The van der Waals surface area contributed by atoms with Crippen LogP contribution in [0.15, 0.2) is 72.9 Å². The van der Waals surface area contributed by atoms with Gasteiger partial charge in [-0.3, -0.25) is 4.79 Å². The predicted octanol–water partition coefficient (Wildman–Crippen LogP) is 4.71. The fourth-order valence-electron chi connectivity index (χ4n) is 3.09. The van der Waals surface area contributed by atoms with E-state index < -0.39 is 0 Å². The molecule has 0 bridgehead atoms. The van der Waals surface area contributed by atoms with Gasteiger partial charge in [0.1, 0.15) is 0 Å². The molecule has 1 N–H and O–H groups in total. The van der Waals surface area contributed by atoms with Gasteiger partial charge in [-0.25, -0.2) is 0 Å². The number of nitrogens with zero attached hydrogens (tertiary/aromatic N) is 1. The fourth-order valence-corrected chi connectivity index (χ4v) is 3.09. The molecule has 0 spiro atoms. The molecule has 0 fully saturated rings. The highest BCUT2D eigenvalue weighted by Crippen LogP contribution is 2.27. The van der Waals surface area contributed by atoms with E-state index in [9.17, 15) is 4.79 Å². The van der Waals surface area contributed by atoms with E-state index in [1.807, 2.05) is 60.9 Å². The molecule has 0 radical (unpaired) electrons. The molecule has 26 heavy (non-hydrogen) atoms. The second-order valence-corrected chi connectivity index (χ2v) is 6.52. The van der Waals surface area contributed by atoms with Gasteiger partial charge >= 0.3 is 0 Å². The number of para-hydroxylation sites is 1. The highest BCUT2D eigenvalue weighted by molar-refractivity contribution is 5.96. The molecule has 0 saturated heterocycles. The van der Waals surface area contributed by atoms with Gasteiger partial charge in [-0.15, -0.1) is 0 Å². The van der Waals surface area contributed by atoms with Gasteiger partial charge in [0.2, 0.25) is 6.04 Å². The van der Waals surface area contributed by atoms with Crippen LogP contribution in [-0.4, -0.2) is 5.91 Å². The third-order valence-corrected chi connectivity index (χ3v) is 4.73. The minimum absolute atomic E-state index is 0.0188. The van der Waals surface area contributed by atoms with Crippen molar-refractivity contribution >= 4 is 11.6 Å². The smallest absolute Gasteiger partial charge is 0.293 e. The lowest BCUT2D eigenvalue weighted by Crippen LogP contribution is -2.47. The van der Waals surface area contributed by atoms with E-state index in [-0.39, 0.29) is 11.9 Å². The van der Waals surface area contributed by atoms with Crippen LogP contribution in [0.25, 0.3) is 11.1 Å². The summed E-state index contributed by atoms with van der Waals surface area (Å²) in [7, 11) is 0. The first-order valence-electron chi connectivity index (χ1n) is 9.06. The van der Waals surface area contributed by atoms with Crippen molar-refractivity contribution in [2.75, 3.05) is 5.32 Å². The van der Waals surface area contributed by atoms with Gasteiger partial charge in [-0.2, -0.15) is 4.57 Å². The van der Waals surface area contributed by atoms with Crippen molar-refractivity contribution in [2.45, 2.75) is 33.2 Å². The first kappa shape index (κ1) is 17.9. The van der Waals surface area contributed by atoms with E-state index in [4.69, 9.17) is 0 Å². The largest absolute Gasteiger partial charge is 0.320 e. The Bertz CT molecular complexity index is 903. The summed E-state index contributed by atoms with van der Waals surface area (Å²) in [6.07, 6.45) is 3.02. The number of aryl methyl sites for hydroxylation is 2. The Balaban J connectivity index is 1.87. The van der Waals surface area contributed by atoms with Crippen molar-refractivity contribution in [2.24, 2.45) is 0 Å². The molecule has 0 aliphatic rings. The fraction of sp³-hybridized carbons (Fsp3) is 0.217. The number of carbonyl (C=O) groups excluding carboxylic acids is 1. The highest BCUT2D eigenvalue weighted by atomic mass is 16.2. The number of nitrogens with one attached hydrogen (secondary N) is 1. The number of aromatic nitrogens is 1. The summed E-state index contributed by atoms with van der Waals surface area (Å²) >= 11 is 0. The van der Waals surface area contributed by atoms with Crippen molar-refractivity contribution in [1.29, 1.82) is 0 Å². The Kier molecular flexibility index (Phi) is 5.47. The molecular formula is C23H25N2O+. The van der Waals surface area contributed by atoms with E-state index in [0.29, 0.717) is 0 Å². The Hall–Kier alpha value is -2.94. The number of pyridine rings is 1. The third-order valence-electron chi connectivity index (χ3n) is 4.73. The Morgan fingerprint density at radius 1 is 1.00 bits per heavy atom. The summed E-state index contributed by atoms with van der Waals surface area (Å²) in [4.78, 5) is 12.9. The quantitative estimate of drug-likeness (QED) is 0.667. The lowest BCUT2D eigenvalue weighted by atomic mass is 10.0. The van der Waals surface area contributed by atoms with Crippen molar-refractivity contribution in [3.05, 3.63) is 84.2 Å². The van der Waals surface area contributed by atoms with E-state index >= 15 is 0 Å². The first-order valence-corrected chi connectivity index (χ1v) is 9.06. The maximum Gasteiger partial charge on any atom is 0.293 e. The van der Waals surface area contributed by atoms with Crippen molar-refractivity contribution < 1.29 is 9.36 Å². The number of hydrogen-bond donors (Lipinski definition) is 1. The Morgan fingerprint density at radius 2 is 1.69 bits per heavy atom. The van der Waals surface area contributed by atoms with Crippen LogP contribution in [0.1, 0.15) is 31.1 Å². The normalized spacial score (nSPS) is 11.8. The first-order chi connectivity index (χ1) is 12.6. The summed E-state index contributed by atoms with van der Waals surface area (Å²) in [6, 6.07) is 21.9. The maximum atomic E-state index is 12.9. The molecule has 1 aromatic heterocycles. The van der Waals surface area contributed by atoms with E-state index in [2.05, 4.69) is 42.7 Å². The number of anilines is 1. The van der Waals surface area contributed by atoms with Crippen LogP contribution in [0.5, 0.6) is 0 Å². The molecular weight excluding hydrogens is 320 g/mol. The second kappa shape index (κ2) is 7.96. The third kappa shape index (κ3) is 3.83. The van der Waals surface area contributed by atoms with Crippen molar-refractivity contribution in [1.82, 2.24) is 0 Å². The minimum atomic E-state index is -0.287. The van der Waals surface area contributed by atoms with Gasteiger partial charge in [0.15, 0.2) is 11.9 Å². The van der Waals surface area contributed by atoms with Crippen molar-refractivity contribution in [3.8, 4) is 11.1 Å².